The average molecular weight is 361 g/mol. The van der Waals surface area contributed by atoms with Gasteiger partial charge in [-0.1, -0.05) is 0 Å². The third-order valence-corrected chi connectivity index (χ3v) is 2.91. The van der Waals surface area contributed by atoms with Crippen molar-refractivity contribution in [1.82, 2.24) is 9.21 Å². The zero-order chi connectivity index (χ0) is 8.48. The van der Waals surface area contributed by atoms with Crippen molar-refractivity contribution in [2.24, 2.45) is 0 Å². The average Bonchev–Trinajstić information content (AvgIpc) is 1.86. The molecule has 0 unspecified atom stereocenters. The summed E-state index contributed by atoms with van der Waals surface area (Å²) in [6.45, 7) is 3.81. The van der Waals surface area contributed by atoms with Crippen molar-refractivity contribution in [2.75, 3.05) is 32.9 Å². The van der Waals surface area contributed by atoms with E-state index in [1.165, 1.54) is 10.6 Å². The molecule has 0 N–H and O–H groups in total. The number of likely N-dealkylation sites (N-methyl/N-ethyl adjacent to an activating group) is 1. The zero-order valence-corrected chi connectivity index (χ0v) is 11.0. The normalized spacial score (nSPS) is 21.8. The number of sulfonamides is 1. The fraction of sp³-hybridized carbons (Fsp3) is 0.833. The van der Waals surface area contributed by atoms with Crippen LogP contribution < -0.4 is 0 Å². The van der Waals surface area contributed by atoms with Gasteiger partial charge in [-0.3, -0.25) is 0 Å². The van der Waals surface area contributed by atoms with E-state index in [2.05, 4.69) is 4.90 Å². The molecular formula is C6H13N2O2SW-. The van der Waals surface area contributed by atoms with E-state index in [4.69, 9.17) is 0 Å². The van der Waals surface area contributed by atoms with Gasteiger partial charge in [-0.2, -0.15) is 0 Å². The van der Waals surface area contributed by atoms with E-state index < -0.39 is 10.0 Å². The number of hydrogen-bond donors (Lipinski definition) is 0. The van der Waals surface area contributed by atoms with E-state index in [1.807, 2.05) is 7.05 Å². The molecule has 0 aromatic carbocycles. The van der Waals surface area contributed by atoms with Crippen molar-refractivity contribution < 1.29 is 29.5 Å². The first-order valence-electron chi connectivity index (χ1n) is 3.49. The van der Waals surface area contributed by atoms with Crippen molar-refractivity contribution >= 4 is 10.0 Å². The Hall–Kier alpha value is 0.558. The van der Waals surface area contributed by atoms with E-state index in [9.17, 15) is 8.42 Å². The van der Waals surface area contributed by atoms with Crippen molar-refractivity contribution in [3.05, 3.63) is 6.54 Å². The van der Waals surface area contributed by atoms with Gasteiger partial charge in [0.05, 0.1) is 6.26 Å². The van der Waals surface area contributed by atoms with Crippen LogP contribution >= 0.6 is 0 Å². The van der Waals surface area contributed by atoms with E-state index >= 15 is 0 Å². The monoisotopic (exact) mass is 361 g/mol. The first-order valence-corrected chi connectivity index (χ1v) is 5.33. The molecule has 0 atom stereocenters. The van der Waals surface area contributed by atoms with Crippen LogP contribution in [-0.2, 0) is 31.1 Å². The Bertz CT molecular complexity index is 222. The Labute approximate surface area is 88.2 Å². The maximum Gasteiger partial charge on any atom is 0.184 e. The van der Waals surface area contributed by atoms with Crippen LogP contribution in [0, 0.1) is 6.54 Å². The van der Waals surface area contributed by atoms with Gasteiger partial charge in [-0.15, -0.1) is 6.54 Å². The summed E-state index contributed by atoms with van der Waals surface area (Å²) in [6, 6.07) is 0. The van der Waals surface area contributed by atoms with Gasteiger partial charge in [-0.05, 0) is 13.6 Å². The van der Waals surface area contributed by atoms with Crippen LogP contribution in [0.2, 0.25) is 0 Å². The SMILES string of the molecule is CN1C[CH-]N(S(C)(=O)=O)CC1.[W]. The van der Waals surface area contributed by atoms with Crippen LogP contribution in [0.4, 0.5) is 0 Å². The summed E-state index contributed by atoms with van der Waals surface area (Å²) in [4.78, 5) is 2.07. The molecule has 0 aliphatic carbocycles. The molecule has 12 heavy (non-hydrogen) atoms. The first-order chi connectivity index (χ1) is 5.00. The number of nitrogens with zero attached hydrogens (tertiary/aromatic N) is 2. The third kappa shape index (κ3) is 3.52. The Kier molecular flexibility index (Phi) is 4.92. The molecule has 1 rings (SSSR count). The van der Waals surface area contributed by atoms with Gasteiger partial charge in [0.15, 0.2) is 10.0 Å². The molecule has 1 fully saturated rings. The fourth-order valence-electron chi connectivity index (χ4n) is 0.984. The second-order valence-corrected chi connectivity index (χ2v) is 4.75. The predicted molar refractivity (Wildman–Crippen MR) is 43.3 cm³/mol. The van der Waals surface area contributed by atoms with Gasteiger partial charge >= 0.3 is 0 Å². The van der Waals surface area contributed by atoms with Crippen molar-refractivity contribution in [1.29, 1.82) is 0 Å². The summed E-state index contributed by atoms with van der Waals surface area (Å²) in [5.41, 5.74) is 0. The molecule has 0 spiro atoms. The van der Waals surface area contributed by atoms with Gasteiger partial charge in [0.1, 0.15) is 0 Å². The smallest absolute Gasteiger partial charge is 0.184 e. The molecule has 0 aromatic rings. The quantitative estimate of drug-likeness (QED) is 0.584. The van der Waals surface area contributed by atoms with Crippen LogP contribution in [0.3, 0.4) is 0 Å². The van der Waals surface area contributed by atoms with Gasteiger partial charge < -0.3 is 9.21 Å². The summed E-state index contributed by atoms with van der Waals surface area (Å²) >= 11 is 0. The summed E-state index contributed by atoms with van der Waals surface area (Å²) in [5, 5.41) is 0. The van der Waals surface area contributed by atoms with Gasteiger partial charge in [0.2, 0.25) is 0 Å². The van der Waals surface area contributed by atoms with Crippen molar-refractivity contribution in [3.8, 4) is 0 Å². The Morgan fingerprint density at radius 1 is 1.33 bits per heavy atom. The molecular weight excluding hydrogens is 348 g/mol. The minimum atomic E-state index is -3.00. The van der Waals surface area contributed by atoms with Gasteiger partial charge in [0, 0.05) is 27.6 Å². The molecule has 1 aliphatic heterocycles. The van der Waals surface area contributed by atoms with Crippen molar-refractivity contribution in [2.45, 2.75) is 0 Å². The zero-order valence-electron chi connectivity index (χ0n) is 7.23. The standard InChI is InChI=1S/C6H13N2O2S.W/c1-7-3-5-8(6-4-7)11(2,9)10;/h5H,3-4,6H2,1-2H3;/q-1;. The minimum absolute atomic E-state index is 0. The summed E-state index contributed by atoms with van der Waals surface area (Å²) < 4.78 is 23.3. The maximum absolute atomic E-state index is 11.0. The second kappa shape index (κ2) is 4.70. The molecule has 1 heterocycles. The number of rotatable bonds is 1. The molecule has 1 aliphatic rings. The van der Waals surface area contributed by atoms with Crippen molar-refractivity contribution in [3.63, 3.8) is 0 Å². The third-order valence-electron chi connectivity index (χ3n) is 1.73. The van der Waals surface area contributed by atoms with Crippen LogP contribution in [0.1, 0.15) is 0 Å². The van der Waals surface area contributed by atoms with Crippen LogP contribution in [-0.4, -0.2) is 50.6 Å². The minimum Gasteiger partial charge on any atom is -0.350 e. The Morgan fingerprint density at radius 2 is 1.92 bits per heavy atom. The topological polar surface area (TPSA) is 40.6 Å². The van der Waals surface area contributed by atoms with Crippen LogP contribution in [0.15, 0.2) is 0 Å². The molecule has 1 saturated heterocycles. The van der Waals surface area contributed by atoms with E-state index in [1.54, 1.807) is 6.54 Å². The summed E-state index contributed by atoms with van der Waals surface area (Å²) in [5.74, 6) is 0. The maximum atomic E-state index is 11.0. The largest absolute Gasteiger partial charge is 0.350 e. The second-order valence-electron chi connectivity index (χ2n) is 2.82. The molecule has 6 heteroatoms. The predicted octanol–water partition coefficient (Wildman–Crippen LogP) is -0.647. The van der Waals surface area contributed by atoms with E-state index in [0.717, 1.165) is 6.54 Å². The fourth-order valence-corrected chi connectivity index (χ4v) is 1.73. The number of piperazine rings is 1. The first kappa shape index (κ1) is 12.6. The molecule has 0 amide bonds. The van der Waals surface area contributed by atoms with Crippen LogP contribution in [0.5, 0.6) is 0 Å². The summed E-state index contributed by atoms with van der Waals surface area (Å²) in [7, 11) is -1.03. The molecule has 72 valence electrons. The molecule has 0 aromatic heterocycles. The van der Waals surface area contributed by atoms with Crippen LogP contribution in [0.25, 0.3) is 0 Å². The van der Waals surface area contributed by atoms with Gasteiger partial charge in [0.25, 0.3) is 0 Å². The Balaban J connectivity index is 0.00000121. The van der Waals surface area contributed by atoms with E-state index in [0.29, 0.717) is 13.1 Å². The van der Waals surface area contributed by atoms with Gasteiger partial charge in [-0.25, -0.2) is 15.0 Å². The Morgan fingerprint density at radius 3 is 2.25 bits per heavy atom. The molecule has 4 nitrogen and oxygen atoms in total. The molecule has 0 bridgehead atoms. The molecule has 0 saturated carbocycles. The van der Waals surface area contributed by atoms with E-state index in [-0.39, 0.29) is 21.1 Å². The number of hydrogen-bond acceptors (Lipinski definition) is 3. The molecule has 0 radical (unpaired) electrons. The summed E-state index contributed by atoms with van der Waals surface area (Å²) in [6.07, 6.45) is 1.23.